The number of aromatic nitrogens is 2. The third kappa shape index (κ3) is 3.78. The zero-order valence-electron chi connectivity index (χ0n) is 14.3. The van der Waals surface area contributed by atoms with Crippen molar-refractivity contribution in [1.29, 1.82) is 0 Å². The highest BCUT2D eigenvalue weighted by Gasteiger charge is 2.34. The zero-order valence-corrected chi connectivity index (χ0v) is 14.3. The SMILES string of the molecule is Cc1cc(C)n(-c2ccc(CNC3=NCC(C)N3)c(C(F)(F)F)c2)n1. The van der Waals surface area contributed by atoms with Crippen LogP contribution in [0.2, 0.25) is 0 Å². The minimum absolute atomic E-state index is 0.0464. The third-order valence-electron chi connectivity index (χ3n) is 4.01. The molecular weight excluding hydrogens is 331 g/mol. The van der Waals surface area contributed by atoms with Crippen LogP contribution in [0.5, 0.6) is 0 Å². The summed E-state index contributed by atoms with van der Waals surface area (Å²) in [5, 5.41) is 10.3. The first-order valence-electron chi connectivity index (χ1n) is 8.02. The summed E-state index contributed by atoms with van der Waals surface area (Å²) in [7, 11) is 0. The summed E-state index contributed by atoms with van der Waals surface area (Å²) in [5.41, 5.74) is 1.44. The van der Waals surface area contributed by atoms with Crippen LogP contribution in [0.15, 0.2) is 29.3 Å². The molecule has 2 heterocycles. The molecule has 2 N–H and O–H groups in total. The Hall–Kier alpha value is -2.51. The van der Waals surface area contributed by atoms with E-state index < -0.39 is 11.7 Å². The monoisotopic (exact) mass is 351 g/mol. The number of guanidine groups is 1. The van der Waals surface area contributed by atoms with Crippen molar-refractivity contribution >= 4 is 5.96 Å². The molecule has 5 nitrogen and oxygen atoms in total. The van der Waals surface area contributed by atoms with Crippen molar-refractivity contribution in [1.82, 2.24) is 20.4 Å². The summed E-state index contributed by atoms with van der Waals surface area (Å²) in [6, 6.07) is 6.30. The minimum atomic E-state index is -4.44. The molecular formula is C17H20F3N5. The average molecular weight is 351 g/mol. The highest BCUT2D eigenvalue weighted by Crippen LogP contribution is 2.33. The number of nitrogens with one attached hydrogen (secondary N) is 2. The largest absolute Gasteiger partial charge is 0.416 e. The molecule has 1 aromatic heterocycles. The van der Waals surface area contributed by atoms with Crippen molar-refractivity contribution in [3.8, 4) is 5.69 Å². The van der Waals surface area contributed by atoms with E-state index in [2.05, 4.69) is 20.7 Å². The van der Waals surface area contributed by atoms with Crippen LogP contribution in [0.25, 0.3) is 5.69 Å². The van der Waals surface area contributed by atoms with Gasteiger partial charge in [-0.1, -0.05) is 6.07 Å². The molecule has 0 radical (unpaired) electrons. The average Bonchev–Trinajstić information content (AvgIpc) is 3.09. The van der Waals surface area contributed by atoms with Crippen LogP contribution in [0.4, 0.5) is 13.2 Å². The van der Waals surface area contributed by atoms with Crippen LogP contribution in [-0.4, -0.2) is 28.3 Å². The first-order chi connectivity index (χ1) is 11.7. The Labute approximate surface area is 144 Å². The molecule has 0 saturated heterocycles. The number of hydrogen-bond acceptors (Lipinski definition) is 4. The van der Waals surface area contributed by atoms with Gasteiger partial charge in [-0.3, -0.25) is 4.99 Å². The number of hydrogen-bond donors (Lipinski definition) is 2. The van der Waals surface area contributed by atoms with E-state index in [1.165, 1.54) is 10.7 Å². The quantitative estimate of drug-likeness (QED) is 0.894. The van der Waals surface area contributed by atoms with Gasteiger partial charge >= 0.3 is 6.18 Å². The molecule has 8 heteroatoms. The topological polar surface area (TPSA) is 54.2 Å². The Morgan fingerprint density at radius 1 is 1.28 bits per heavy atom. The molecule has 1 atom stereocenters. The zero-order chi connectivity index (χ0) is 18.2. The Bertz CT molecular complexity index is 807. The second kappa shape index (κ2) is 6.42. The van der Waals surface area contributed by atoms with E-state index in [0.29, 0.717) is 18.2 Å². The van der Waals surface area contributed by atoms with Crippen LogP contribution < -0.4 is 10.6 Å². The van der Waals surface area contributed by atoms with E-state index in [0.717, 1.165) is 17.5 Å². The van der Waals surface area contributed by atoms with Crippen molar-refractivity contribution in [2.75, 3.05) is 6.54 Å². The van der Waals surface area contributed by atoms with Gasteiger partial charge in [0.05, 0.1) is 23.5 Å². The normalized spacial score (nSPS) is 17.4. The van der Waals surface area contributed by atoms with E-state index in [1.807, 2.05) is 26.8 Å². The summed E-state index contributed by atoms with van der Waals surface area (Å²) in [6.45, 7) is 6.25. The fourth-order valence-corrected chi connectivity index (χ4v) is 2.84. The summed E-state index contributed by atoms with van der Waals surface area (Å²) < 4.78 is 42.0. The molecule has 0 saturated carbocycles. The highest BCUT2D eigenvalue weighted by atomic mass is 19.4. The Kier molecular flexibility index (Phi) is 4.45. The number of rotatable bonds is 3. The van der Waals surface area contributed by atoms with Crippen LogP contribution >= 0.6 is 0 Å². The summed E-state index contributed by atoms with van der Waals surface area (Å²) in [5.74, 6) is 0.531. The van der Waals surface area contributed by atoms with E-state index in [9.17, 15) is 13.2 Å². The van der Waals surface area contributed by atoms with E-state index in [1.54, 1.807) is 6.07 Å². The van der Waals surface area contributed by atoms with Gasteiger partial charge in [-0.25, -0.2) is 4.68 Å². The number of alkyl halides is 3. The molecule has 1 aromatic carbocycles. The molecule has 2 aromatic rings. The standard InChI is InChI=1S/C17H20F3N5/c1-10-6-12(3)25(24-10)14-5-4-13(15(7-14)17(18,19)20)9-22-16-21-8-11(2)23-16/h4-7,11H,8-9H2,1-3H3,(H2,21,22,23). The molecule has 3 rings (SSSR count). The van der Waals surface area contributed by atoms with E-state index in [4.69, 9.17) is 0 Å². The van der Waals surface area contributed by atoms with Gasteiger partial charge in [0.25, 0.3) is 0 Å². The van der Waals surface area contributed by atoms with Gasteiger partial charge in [0.2, 0.25) is 0 Å². The highest BCUT2D eigenvalue weighted by molar-refractivity contribution is 5.81. The van der Waals surface area contributed by atoms with Gasteiger partial charge in [0, 0.05) is 18.3 Å². The van der Waals surface area contributed by atoms with Crippen LogP contribution in [0.3, 0.4) is 0 Å². The van der Waals surface area contributed by atoms with Gasteiger partial charge in [0.15, 0.2) is 5.96 Å². The molecule has 0 spiro atoms. The fraction of sp³-hybridized carbons (Fsp3) is 0.412. The lowest BCUT2D eigenvalue weighted by Crippen LogP contribution is -2.37. The van der Waals surface area contributed by atoms with Crippen molar-refractivity contribution in [2.45, 2.75) is 39.5 Å². The molecule has 1 aliphatic heterocycles. The Morgan fingerprint density at radius 3 is 2.60 bits per heavy atom. The van der Waals surface area contributed by atoms with Gasteiger partial charge < -0.3 is 10.6 Å². The Balaban J connectivity index is 1.89. The number of aryl methyl sites for hydroxylation is 2. The maximum Gasteiger partial charge on any atom is 0.416 e. The van der Waals surface area contributed by atoms with Crippen molar-refractivity contribution < 1.29 is 13.2 Å². The lowest BCUT2D eigenvalue weighted by Gasteiger charge is -2.16. The van der Waals surface area contributed by atoms with Crippen molar-refractivity contribution in [3.63, 3.8) is 0 Å². The number of benzene rings is 1. The smallest absolute Gasteiger partial charge is 0.352 e. The van der Waals surface area contributed by atoms with Crippen molar-refractivity contribution in [2.24, 2.45) is 4.99 Å². The maximum atomic E-state index is 13.5. The predicted octanol–water partition coefficient (Wildman–Crippen LogP) is 2.95. The summed E-state index contributed by atoms with van der Waals surface area (Å²) >= 11 is 0. The van der Waals surface area contributed by atoms with Gasteiger partial charge in [-0.05, 0) is 44.5 Å². The molecule has 0 fully saturated rings. The molecule has 0 bridgehead atoms. The number of aliphatic imine (C=N–C) groups is 1. The van der Waals surface area contributed by atoms with Crippen LogP contribution in [-0.2, 0) is 12.7 Å². The van der Waals surface area contributed by atoms with Crippen LogP contribution in [0.1, 0.15) is 29.4 Å². The summed E-state index contributed by atoms with van der Waals surface area (Å²) in [6.07, 6.45) is -4.44. The van der Waals surface area contributed by atoms with Crippen LogP contribution in [0, 0.1) is 13.8 Å². The van der Waals surface area contributed by atoms with E-state index in [-0.39, 0.29) is 18.2 Å². The van der Waals surface area contributed by atoms with E-state index >= 15 is 0 Å². The third-order valence-corrected chi connectivity index (χ3v) is 4.01. The molecule has 0 aliphatic carbocycles. The predicted molar refractivity (Wildman–Crippen MR) is 89.8 cm³/mol. The molecule has 1 unspecified atom stereocenters. The molecule has 1 aliphatic rings. The van der Waals surface area contributed by atoms with Gasteiger partial charge in [-0.15, -0.1) is 0 Å². The fourth-order valence-electron chi connectivity index (χ4n) is 2.84. The second-order valence-electron chi connectivity index (χ2n) is 6.27. The molecule has 25 heavy (non-hydrogen) atoms. The molecule has 134 valence electrons. The minimum Gasteiger partial charge on any atom is -0.352 e. The number of halogens is 3. The second-order valence-corrected chi connectivity index (χ2v) is 6.27. The van der Waals surface area contributed by atoms with Crippen molar-refractivity contribution in [3.05, 3.63) is 46.8 Å². The number of nitrogens with zero attached hydrogens (tertiary/aromatic N) is 3. The lowest BCUT2D eigenvalue weighted by atomic mass is 10.1. The first kappa shape index (κ1) is 17.3. The molecule has 0 amide bonds. The van der Waals surface area contributed by atoms with Gasteiger partial charge in [-0.2, -0.15) is 18.3 Å². The first-order valence-corrected chi connectivity index (χ1v) is 8.02. The summed E-state index contributed by atoms with van der Waals surface area (Å²) in [4.78, 5) is 4.20. The maximum absolute atomic E-state index is 13.5. The lowest BCUT2D eigenvalue weighted by molar-refractivity contribution is -0.138. The Morgan fingerprint density at radius 2 is 2.04 bits per heavy atom. The van der Waals surface area contributed by atoms with Gasteiger partial charge in [0.1, 0.15) is 0 Å².